The number of nitrogens with one attached hydrogen (secondary N) is 1. The van der Waals surface area contributed by atoms with E-state index in [1.54, 1.807) is 36.4 Å². The molecule has 82 valence electrons. The van der Waals surface area contributed by atoms with Gasteiger partial charge in [-0.15, -0.1) is 0 Å². The first-order valence-corrected chi connectivity index (χ1v) is 4.48. The summed E-state index contributed by atoms with van der Waals surface area (Å²) >= 11 is 0. The van der Waals surface area contributed by atoms with Gasteiger partial charge in [-0.05, 0) is 18.2 Å². The van der Waals surface area contributed by atoms with Gasteiger partial charge in [-0.3, -0.25) is 0 Å². The fraction of sp³-hybridized carbons (Fsp3) is 0. The second-order valence-corrected chi connectivity index (χ2v) is 2.76. The van der Waals surface area contributed by atoms with Crippen molar-refractivity contribution in [3.05, 3.63) is 64.8 Å². The van der Waals surface area contributed by atoms with E-state index in [2.05, 4.69) is 9.97 Å². The van der Waals surface area contributed by atoms with Crippen molar-refractivity contribution in [1.82, 2.24) is 9.97 Å². The van der Waals surface area contributed by atoms with E-state index < -0.39 is 5.97 Å². The fourth-order valence-electron chi connectivity index (χ4n) is 0.891. The van der Waals surface area contributed by atoms with Gasteiger partial charge in [0.05, 0.1) is 5.56 Å². The number of aromatic carboxylic acids is 1. The third kappa shape index (κ3) is 4.19. The third-order valence-electron chi connectivity index (χ3n) is 1.60. The SMILES string of the molecule is O=C(O)c1ccccc1.O=c1nccc[nH]1. The lowest BCUT2D eigenvalue weighted by Gasteiger charge is -1.88. The Balaban J connectivity index is 0.000000165. The molecule has 0 saturated carbocycles. The summed E-state index contributed by atoms with van der Waals surface area (Å²) in [5.74, 6) is -0.879. The van der Waals surface area contributed by atoms with Crippen LogP contribution in [0.2, 0.25) is 0 Å². The molecule has 0 spiro atoms. The van der Waals surface area contributed by atoms with Crippen LogP contribution in [0.4, 0.5) is 0 Å². The Kier molecular flexibility index (Phi) is 4.46. The number of rotatable bonds is 1. The summed E-state index contributed by atoms with van der Waals surface area (Å²) in [6.07, 6.45) is 2.98. The van der Waals surface area contributed by atoms with E-state index >= 15 is 0 Å². The van der Waals surface area contributed by atoms with Crippen LogP contribution in [-0.2, 0) is 0 Å². The van der Waals surface area contributed by atoms with Gasteiger partial charge in [0.2, 0.25) is 0 Å². The molecule has 5 heteroatoms. The highest BCUT2D eigenvalue weighted by Crippen LogP contribution is 1.96. The van der Waals surface area contributed by atoms with Crippen molar-refractivity contribution in [2.75, 3.05) is 0 Å². The maximum Gasteiger partial charge on any atom is 0.344 e. The van der Waals surface area contributed by atoms with Crippen LogP contribution < -0.4 is 5.69 Å². The van der Waals surface area contributed by atoms with Gasteiger partial charge in [-0.1, -0.05) is 18.2 Å². The van der Waals surface area contributed by atoms with E-state index in [0.717, 1.165) is 0 Å². The lowest BCUT2D eigenvalue weighted by atomic mass is 10.2. The van der Waals surface area contributed by atoms with Crippen LogP contribution in [0.25, 0.3) is 0 Å². The number of H-pyrrole nitrogens is 1. The second kappa shape index (κ2) is 6.13. The first kappa shape index (κ1) is 11.6. The number of hydrogen-bond acceptors (Lipinski definition) is 3. The molecule has 0 fully saturated rings. The molecule has 2 rings (SSSR count). The molecule has 0 saturated heterocycles. The molecule has 1 aromatic carbocycles. The molecule has 0 amide bonds. The molecule has 0 aliphatic heterocycles. The highest BCUT2D eigenvalue weighted by Gasteiger charge is 1.96. The van der Waals surface area contributed by atoms with Gasteiger partial charge >= 0.3 is 11.7 Å². The van der Waals surface area contributed by atoms with Crippen LogP contribution in [0.3, 0.4) is 0 Å². The van der Waals surface area contributed by atoms with E-state index in [9.17, 15) is 9.59 Å². The number of carboxylic acid groups (broad SMARTS) is 1. The van der Waals surface area contributed by atoms with E-state index in [1.165, 1.54) is 12.4 Å². The molecular formula is C11H10N2O3. The van der Waals surface area contributed by atoms with Crippen LogP contribution in [0.5, 0.6) is 0 Å². The van der Waals surface area contributed by atoms with E-state index in [0.29, 0.717) is 5.56 Å². The molecule has 0 aliphatic rings. The highest BCUT2D eigenvalue weighted by atomic mass is 16.4. The maximum atomic E-state index is 10.2. The molecule has 2 aromatic rings. The minimum Gasteiger partial charge on any atom is -0.478 e. The first-order valence-electron chi connectivity index (χ1n) is 4.48. The Labute approximate surface area is 91.4 Å². The van der Waals surface area contributed by atoms with Crippen molar-refractivity contribution in [3.63, 3.8) is 0 Å². The van der Waals surface area contributed by atoms with Gasteiger partial charge in [0.25, 0.3) is 0 Å². The lowest BCUT2D eigenvalue weighted by molar-refractivity contribution is 0.0697. The molecule has 0 aliphatic carbocycles. The molecule has 0 atom stereocenters. The summed E-state index contributed by atoms with van der Waals surface area (Å²) in [7, 11) is 0. The Morgan fingerprint density at radius 2 is 1.88 bits per heavy atom. The molecular weight excluding hydrogens is 208 g/mol. The predicted molar refractivity (Wildman–Crippen MR) is 58.3 cm³/mol. The Morgan fingerprint density at radius 3 is 2.19 bits per heavy atom. The quantitative estimate of drug-likeness (QED) is 0.752. The standard InChI is InChI=1S/C7H6O2.C4H4N2O/c8-7(9)6-4-2-1-3-5-6;7-4-5-2-1-3-6-4/h1-5H,(H,8,9);1-3H,(H,5,6,7). The summed E-state index contributed by atoms with van der Waals surface area (Å²) in [6, 6.07) is 9.95. The van der Waals surface area contributed by atoms with E-state index in [1.807, 2.05) is 0 Å². The molecule has 0 bridgehead atoms. The van der Waals surface area contributed by atoms with Gasteiger partial charge < -0.3 is 10.1 Å². The van der Waals surface area contributed by atoms with Crippen molar-refractivity contribution in [2.24, 2.45) is 0 Å². The fourth-order valence-corrected chi connectivity index (χ4v) is 0.891. The second-order valence-electron chi connectivity index (χ2n) is 2.76. The van der Waals surface area contributed by atoms with Gasteiger partial charge in [-0.25, -0.2) is 14.6 Å². The van der Waals surface area contributed by atoms with Gasteiger partial charge in [0.1, 0.15) is 0 Å². The molecule has 0 radical (unpaired) electrons. The van der Waals surface area contributed by atoms with Gasteiger partial charge in [0.15, 0.2) is 0 Å². The topological polar surface area (TPSA) is 83.0 Å². The Bertz CT molecular complexity index is 476. The molecule has 2 N–H and O–H groups in total. The number of nitrogens with zero attached hydrogens (tertiary/aromatic N) is 1. The summed E-state index contributed by atoms with van der Waals surface area (Å²) in [6.45, 7) is 0. The van der Waals surface area contributed by atoms with Crippen LogP contribution in [0.1, 0.15) is 10.4 Å². The number of aromatic amines is 1. The van der Waals surface area contributed by atoms with E-state index in [4.69, 9.17) is 5.11 Å². The summed E-state index contributed by atoms with van der Waals surface area (Å²) in [4.78, 5) is 26.0. The summed E-state index contributed by atoms with van der Waals surface area (Å²) in [5, 5.41) is 8.38. The van der Waals surface area contributed by atoms with Crippen LogP contribution in [0.15, 0.2) is 53.6 Å². The third-order valence-corrected chi connectivity index (χ3v) is 1.60. The number of carbonyl (C=O) groups is 1. The smallest absolute Gasteiger partial charge is 0.344 e. The van der Waals surface area contributed by atoms with Crippen molar-refractivity contribution in [2.45, 2.75) is 0 Å². The highest BCUT2D eigenvalue weighted by molar-refractivity contribution is 5.87. The average molecular weight is 218 g/mol. The molecule has 0 unspecified atom stereocenters. The number of hydrogen-bond donors (Lipinski definition) is 2. The monoisotopic (exact) mass is 218 g/mol. The van der Waals surface area contributed by atoms with Gasteiger partial charge in [-0.2, -0.15) is 0 Å². The minimum absolute atomic E-state index is 0.303. The van der Waals surface area contributed by atoms with Crippen LogP contribution in [0, 0.1) is 0 Å². The average Bonchev–Trinajstić information content (AvgIpc) is 2.32. The number of benzene rings is 1. The summed E-state index contributed by atoms with van der Waals surface area (Å²) < 4.78 is 0. The van der Waals surface area contributed by atoms with Crippen LogP contribution in [-0.4, -0.2) is 21.0 Å². The molecule has 16 heavy (non-hydrogen) atoms. The normalized spacial score (nSPS) is 8.75. The predicted octanol–water partition coefficient (Wildman–Crippen LogP) is 1.15. The largest absolute Gasteiger partial charge is 0.478 e. The Hall–Kier alpha value is -2.43. The Morgan fingerprint density at radius 1 is 1.19 bits per heavy atom. The molecule has 1 heterocycles. The van der Waals surface area contributed by atoms with E-state index in [-0.39, 0.29) is 5.69 Å². The molecule has 5 nitrogen and oxygen atoms in total. The minimum atomic E-state index is -0.879. The first-order chi connectivity index (χ1) is 7.70. The summed E-state index contributed by atoms with van der Waals surface area (Å²) in [5.41, 5.74) is 0.0278. The zero-order chi connectivity index (χ0) is 11.8. The number of carboxylic acids is 1. The zero-order valence-electron chi connectivity index (χ0n) is 8.33. The lowest BCUT2D eigenvalue weighted by Crippen LogP contribution is -2.05. The van der Waals surface area contributed by atoms with Crippen molar-refractivity contribution < 1.29 is 9.90 Å². The van der Waals surface area contributed by atoms with Crippen molar-refractivity contribution in [1.29, 1.82) is 0 Å². The zero-order valence-corrected chi connectivity index (χ0v) is 8.33. The van der Waals surface area contributed by atoms with Crippen LogP contribution >= 0.6 is 0 Å². The molecule has 1 aromatic heterocycles. The van der Waals surface area contributed by atoms with Gasteiger partial charge in [0, 0.05) is 12.4 Å². The maximum absolute atomic E-state index is 10.2. The van der Waals surface area contributed by atoms with Crippen molar-refractivity contribution >= 4 is 5.97 Å². The number of aromatic nitrogens is 2. The van der Waals surface area contributed by atoms with Crippen molar-refractivity contribution in [3.8, 4) is 0 Å².